The second kappa shape index (κ2) is 9.34. The molecule has 0 bridgehead atoms. The van der Waals surface area contributed by atoms with E-state index in [0.717, 1.165) is 0 Å². The average Bonchev–Trinajstić information content (AvgIpc) is 2.57. The molecule has 0 saturated carbocycles. The molecule has 2 aliphatic heterocycles. The zero-order valence-corrected chi connectivity index (χ0v) is 23.1. The Morgan fingerprint density at radius 3 is 1.06 bits per heavy atom. The maximum absolute atomic E-state index is 12.2. The lowest BCUT2D eigenvalue weighted by molar-refractivity contribution is -0.263. The van der Waals surface area contributed by atoms with Crippen LogP contribution in [0, 0.1) is 0 Å². The van der Waals surface area contributed by atoms with Gasteiger partial charge < -0.3 is 19.7 Å². The molecule has 34 heavy (non-hydrogen) atoms. The molecule has 0 unspecified atom stereocenters. The summed E-state index contributed by atoms with van der Waals surface area (Å²) in [4.78, 5) is 27.1. The van der Waals surface area contributed by atoms with Crippen molar-refractivity contribution in [2.75, 3.05) is 26.3 Å². The number of ether oxygens (including phenoxy) is 2. The first kappa shape index (κ1) is 29.0. The molecule has 2 N–H and O–H groups in total. The largest absolute Gasteiger partial charge is 0.465 e. The Morgan fingerprint density at radius 1 is 0.618 bits per heavy atom. The maximum atomic E-state index is 12.2. The molecule has 0 aromatic rings. The first-order valence-corrected chi connectivity index (χ1v) is 12.4. The molecule has 0 aromatic heterocycles. The normalized spacial score (nSPS) is 27.1. The number of aliphatic hydroxyl groups is 2. The maximum Gasteiger partial charge on any atom is 0.302 e. The molecule has 2 aliphatic rings. The molecule has 0 atom stereocenters. The summed E-state index contributed by atoms with van der Waals surface area (Å²) < 4.78 is 10.4. The number of hydrogen-bond acceptors (Lipinski definition) is 8. The number of rotatable bonds is 7. The Bertz CT molecular complexity index is 673. The first-order chi connectivity index (χ1) is 15.2. The number of hydrogen-bond donors (Lipinski definition) is 2. The molecule has 2 saturated heterocycles. The fourth-order valence-corrected chi connectivity index (χ4v) is 7.44. The van der Waals surface area contributed by atoms with Crippen LogP contribution in [0.15, 0.2) is 0 Å². The van der Waals surface area contributed by atoms with Crippen LogP contribution >= 0.6 is 0 Å². The molecule has 2 heterocycles. The van der Waals surface area contributed by atoms with Gasteiger partial charge in [0.1, 0.15) is 13.2 Å². The van der Waals surface area contributed by atoms with Crippen molar-refractivity contribution < 1.29 is 29.3 Å². The second-order valence-corrected chi connectivity index (χ2v) is 13.0. The Hall–Kier alpha value is -1.22. The van der Waals surface area contributed by atoms with E-state index < -0.39 is 33.4 Å². The van der Waals surface area contributed by atoms with Crippen LogP contribution in [-0.2, 0) is 19.1 Å². The summed E-state index contributed by atoms with van der Waals surface area (Å²) in [7, 11) is 0. The van der Waals surface area contributed by atoms with Gasteiger partial charge in [-0.3, -0.25) is 19.4 Å². The van der Waals surface area contributed by atoms with Crippen molar-refractivity contribution in [3.8, 4) is 0 Å². The molecule has 8 heteroatoms. The van der Waals surface area contributed by atoms with E-state index in [9.17, 15) is 19.8 Å². The van der Waals surface area contributed by atoms with Gasteiger partial charge in [-0.25, -0.2) is 0 Å². The summed E-state index contributed by atoms with van der Waals surface area (Å²) in [5.41, 5.74) is -4.29. The Labute approximate surface area is 206 Å². The molecule has 0 spiro atoms. The summed E-state index contributed by atoms with van der Waals surface area (Å²) in [6.07, 6.45) is 1.61. The van der Waals surface area contributed by atoms with E-state index in [2.05, 4.69) is 65.2 Å². The van der Waals surface area contributed by atoms with E-state index in [1.54, 1.807) is 0 Å². The molecule has 0 amide bonds. The molecule has 2 rings (SSSR count). The van der Waals surface area contributed by atoms with Gasteiger partial charge in [-0.1, -0.05) is 0 Å². The predicted octanol–water partition coefficient (Wildman–Crippen LogP) is 2.88. The third-order valence-electron chi connectivity index (χ3n) is 7.93. The van der Waals surface area contributed by atoms with Crippen LogP contribution in [0.25, 0.3) is 0 Å². The van der Waals surface area contributed by atoms with E-state index in [1.165, 1.54) is 13.8 Å². The van der Waals surface area contributed by atoms with Gasteiger partial charge in [-0.05, 0) is 81.1 Å². The predicted molar refractivity (Wildman–Crippen MR) is 131 cm³/mol. The molecule has 0 aromatic carbocycles. The topological polar surface area (TPSA) is 99.5 Å². The van der Waals surface area contributed by atoms with Gasteiger partial charge in [0, 0.05) is 49.1 Å². The highest BCUT2D eigenvalue weighted by molar-refractivity contribution is 5.66. The third kappa shape index (κ3) is 5.94. The van der Waals surface area contributed by atoms with Crippen LogP contribution in [0.4, 0.5) is 0 Å². The summed E-state index contributed by atoms with van der Waals surface area (Å²) in [5, 5.41) is 24.4. The van der Waals surface area contributed by atoms with E-state index in [0.29, 0.717) is 52.0 Å². The van der Waals surface area contributed by atoms with Crippen molar-refractivity contribution in [3.05, 3.63) is 0 Å². The van der Waals surface area contributed by atoms with E-state index in [-0.39, 0.29) is 11.9 Å². The zero-order chi connectivity index (χ0) is 26.4. The van der Waals surface area contributed by atoms with Crippen LogP contribution in [0.2, 0.25) is 0 Å². The van der Waals surface area contributed by atoms with Gasteiger partial charge in [0.25, 0.3) is 0 Å². The highest BCUT2D eigenvalue weighted by atomic mass is 16.5. The van der Waals surface area contributed by atoms with Gasteiger partial charge in [-0.2, -0.15) is 0 Å². The fraction of sp³-hybridized carbons (Fsp3) is 0.923. The molecular formula is C26H48N2O6. The van der Waals surface area contributed by atoms with Crippen LogP contribution in [-0.4, -0.2) is 91.6 Å². The first-order valence-electron chi connectivity index (χ1n) is 12.4. The molecule has 0 radical (unpaired) electrons. The highest BCUT2D eigenvalue weighted by Gasteiger charge is 2.64. The van der Waals surface area contributed by atoms with Crippen LogP contribution in [0.1, 0.15) is 94.9 Å². The van der Waals surface area contributed by atoms with Crippen molar-refractivity contribution in [1.29, 1.82) is 0 Å². The van der Waals surface area contributed by atoms with Gasteiger partial charge in [-0.15, -0.1) is 0 Å². The summed E-state index contributed by atoms with van der Waals surface area (Å²) >= 11 is 0. The fourth-order valence-electron chi connectivity index (χ4n) is 7.44. The zero-order valence-electron chi connectivity index (χ0n) is 23.1. The standard InChI is InChI=1S/C26H48N2O6/c1-19(29)33-13-11-27-21(3,4)15-25(31,16-22(27,5)6)26(32)17-23(7,8)28(24(9,10)18-26)12-14-34-20(2)30/h31-32H,11-18H2,1-10H3. The minimum atomic E-state index is -1.30. The third-order valence-corrected chi connectivity index (χ3v) is 7.93. The van der Waals surface area contributed by atoms with Crippen LogP contribution in [0.3, 0.4) is 0 Å². The minimum Gasteiger partial charge on any atom is -0.465 e. The van der Waals surface area contributed by atoms with Gasteiger partial charge in [0.05, 0.1) is 11.2 Å². The number of piperidine rings is 2. The van der Waals surface area contributed by atoms with Gasteiger partial charge in [0.2, 0.25) is 0 Å². The molecular weight excluding hydrogens is 436 g/mol. The van der Waals surface area contributed by atoms with Gasteiger partial charge in [0.15, 0.2) is 0 Å². The van der Waals surface area contributed by atoms with Crippen molar-refractivity contribution >= 4 is 11.9 Å². The second-order valence-electron chi connectivity index (χ2n) is 13.0. The Balaban J connectivity index is 2.32. The monoisotopic (exact) mass is 484 g/mol. The quantitative estimate of drug-likeness (QED) is 0.532. The number of nitrogens with zero attached hydrogens (tertiary/aromatic N) is 2. The van der Waals surface area contributed by atoms with Crippen molar-refractivity contribution in [3.63, 3.8) is 0 Å². The lowest BCUT2D eigenvalue weighted by atomic mass is 9.57. The molecule has 2 fully saturated rings. The Morgan fingerprint density at radius 2 is 0.853 bits per heavy atom. The van der Waals surface area contributed by atoms with Crippen molar-refractivity contribution in [2.24, 2.45) is 0 Å². The summed E-state index contributed by atoms with van der Waals surface area (Å²) in [5.74, 6) is -0.605. The SMILES string of the molecule is CC(=O)OCCN1C(C)(C)CC(O)(C2(O)CC(C)(C)N(CCOC(C)=O)C(C)(C)C2)CC1(C)C. The smallest absolute Gasteiger partial charge is 0.302 e. The average molecular weight is 485 g/mol. The van der Waals surface area contributed by atoms with Crippen molar-refractivity contribution in [1.82, 2.24) is 9.80 Å². The van der Waals surface area contributed by atoms with E-state index >= 15 is 0 Å². The van der Waals surface area contributed by atoms with Gasteiger partial charge >= 0.3 is 11.9 Å². The molecule has 0 aliphatic carbocycles. The highest BCUT2D eigenvalue weighted by Crippen LogP contribution is 2.55. The summed E-state index contributed by atoms with van der Waals surface area (Å²) in [6.45, 7) is 21.2. The van der Waals surface area contributed by atoms with E-state index in [1.807, 2.05) is 0 Å². The van der Waals surface area contributed by atoms with E-state index in [4.69, 9.17) is 9.47 Å². The molecule has 8 nitrogen and oxygen atoms in total. The lowest BCUT2D eigenvalue weighted by Gasteiger charge is -2.66. The molecule has 198 valence electrons. The van der Waals surface area contributed by atoms with Crippen LogP contribution in [0.5, 0.6) is 0 Å². The minimum absolute atomic E-state index is 0.294. The number of likely N-dealkylation sites (tertiary alicyclic amines) is 2. The summed E-state index contributed by atoms with van der Waals surface area (Å²) in [6, 6.07) is 0. The Kier molecular flexibility index (Phi) is 7.97. The lowest BCUT2D eigenvalue weighted by Crippen LogP contribution is -2.76. The number of esters is 2. The van der Waals surface area contributed by atoms with Crippen LogP contribution < -0.4 is 0 Å². The van der Waals surface area contributed by atoms with Crippen molar-refractivity contribution in [2.45, 2.75) is 128 Å². The number of carbonyl (C=O) groups is 2. The number of carbonyl (C=O) groups excluding carboxylic acids is 2.